The standard InChI is InChI=1S/C14H22N2O3S/c1-5-9-16(3)20(17,18)13-7-8-14(19-4)12(10-13)11-15-6-2/h5,7-8,10,15H,1,6,9,11H2,2-4H3. The Bertz CT molecular complexity index is 556. The van der Waals surface area contributed by atoms with Crippen LogP contribution in [0.15, 0.2) is 35.7 Å². The first-order valence-electron chi connectivity index (χ1n) is 6.42. The minimum Gasteiger partial charge on any atom is -0.496 e. The first-order valence-corrected chi connectivity index (χ1v) is 7.86. The Kier molecular flexibility index (Phi) is 6.19. The second-order valence-electron chi connectivity index (χ2n) is 4.33. The Balaban J connectivity index is 3.16. The summed E-state index contributed by atoms with van der Waals surface area (Å²) in [6, 6.07) is 4.89. The molecular formula is C14H22N2O3S. The predicted molar refractivity (Wildman–Crippen MR) is 80.4 cm³/mol. The van der Waals surface area contributed by atoms with Crippen LogP contribution >= 0.6 is 0 Å². The van der Waals surface area contributed by atoms with Crippen molar-refractivity contribution < 1.29 is 13.2 Å². The summed E-state index contributed by atoms with van der Waals surface area (Å²) in [7, 11) is -0.390. The largest absolute Gasteiger partial charge is 0.496 e. The van der Waals surface area contributed by atoms with Crippen molar-refractivity contribution in [2.24, 2.45) is 0 Å². The number of hydrogen-bond acceptors (Lipinski definition) is 4. The number of likely N-dealkylation sites (N-methyl/N-ethyl adjacent to an activating group) is 1. The van der Waals surface area contributed by atoms with E-state index in [2.05, 4.69) is 11.9 Å². The minimum atomic E-state index is -3.49. The highest BCUT2D eigenvalue weighted by Gasteiger charge is 2.20. The molecule has 0 aliphatic heterocycles. The van der Waals surface area contributed by atoms with Crippen molar-refractivity contribution in [2.75, 3.05) is 27.2 Å². The molecule has 0 radical (unpaired) electrons. The summed E-state index contributed by atoms with van der Waals surface area (Å²) in [4.78, 5) is 0.260. The Labute approximate surface area is 121 Å². The lowest BCUT2D eigenvalue weighted by molar-refractivity contribution is 0.407. The highest BCUT2D eigenvalue weighted by molar-refractivity contribution is 7.89. The van der Waals surface area contributed by atoms with Gasteiger partial charge in [0.1, 0.15) is 5.75 Å². The molecule has 20 heavy (non-hydrogen) atoms. The monoisotopic (exact) mass is 298 g/mol. The first kappa shape index (κ1) is 16.7. The van der Waals surface area contributed by atoms with Crippen LogP contribution < -0.4 is 10.1 Å². The Morgan fingerprint density at radius 1 is 1.45 bits per heavy atom. The molecule has 1 N–H and O–H groups in total. The molecule has 1 aromatic rings. The van der Waals surface area contributed by atoms with Gasteiger partial charge in [-0.25, -0.2) is 8.42 Å². The smallest absolute Gasteiger partial charge is 0.243 e. The van der Waals surface area contributed by atoms with Gasteiger partial charge in [0.2, 0.25) is 10.0 Å². The van der Waals surface area contributed by atoms with Gasteiger partial charge in [-0.3, -0.25) is 0 Å². The van der Waals surface area contributed by atoms with Crippen molar-refractivity contribution in [2.45, 2.75) is 18.4 Å². The van der Waals surface area contributed by atoms with Crippen LogP contribution in [0.4, 0.5) is 0 Å². The fraction of sp³-hybridized carbons (Fsp3) is 0.429. The molecule has 0 fully saturated rings. The molecule has 0 aliphatic carbocycles. The molecule has 0 aliphatic rings. The highest BCUT2D eigenvalue weighted by Crippen LogP contribution is 2.24. The van der Waals surface area contributed by atoms with Crippen LogP contribution in [0.2, 0.25) is 0 Å². The van der Waals surface area contributed by atoms with Crippen LogP contribution in [-0.2, 0) is 16.6 Å². The summed E-state index contributed by atoms with van der Waals surface area (Å²) in [5.74, 6) is 0.677. The number of ether oxygens (including phenoxy) is 1. The highest BCUT2D eigenvalue weighted by atomic mass is 32.2. The van der Waals surface area contributed by atoms with Crippen LogP contribution in [0.3, 0.4) is 0 Å². The quantitative estimate of drug-likeness (QED) is 0.741. The van der Waals surface area contributed by atoms with Gasteiger partial charge >= 0.3 is 0 Å². The Morgan fingerprint density at radius 3 is 2.70 bits per heavy atom. The van der Waals surface area contributed by atoms with E-state index in [0.717, 1.165) is 12.1 Å². The van der Waals surface area contributed by atoms with E-state index in [9.17, 15) is 8.42 Å². The molecule has 0 bridgehead atoms. The van der Waals surface area contributed by atoms with E-state index in [1.807, 2.05) is 6.92 Å². The molecule has 0 saturated carbocycles. The molecule has 0 heterocycles. The summed E-state index contributed by atoms with van der Waals surface area (Å²) in [5.41, 5.74) is 0.822. The maximum absolute atomic E-state index is 12.4. The maximum Gasteiger partial charge on any atom is 0.243 e. The third-order valence-electron chi connectivity index (χ3n) is 2.91. The van der Waals surface area contributed by atoms with E-state index in [1.165, 1.54) is 11.4 Å². The third-order valence-corrected chi connectivity index (χ3v) is 4.73. The number of sulfonamides is 1. The van der Waals surface area contributed by atoms with E-state index in [-0.39, 0.29) is 11.4 Å². The molecule has 6 heteroatoms. The molecule has 0 saturated heterocycles. The van der Waals surface area contributed by atoms with E-state index >= 15 is 0 Å². The molecular weight excluding hydrogens is 276 g/mol. The predicted octanol–water partition coefficient (Wildman–Crippen LogP) is 1.61. The van der Waals surface area contributed by atoms with Crippen molar-refractivity contribution in [1.29, 1.82) is 0 Å². The van der Waals surface area contributed by atoms with Gasteiger partial charge in [-0.1, -0.05) is 13.0 Å². The van der Waals surface area contributed by atoms with Gasteiger partial charge in [-0.15, -0.1) is 6.58 Å². The summed E-state index contributed by atoms with van der Waals surface area (Å²) in [6.07, 6.45) is 1.56. The number of benzene rings is 1. The van der Waals surface area contributed by atoms with Crippen LogP contribution in [0, 0.1) is 0 Å². The molecule has 0 aromatic heterocycles. The van der Waals surface area contributed by atoms with Crippen LogP contribution in [0.25, 0.3) is 0 Å². The molecule has 112 valence electrons. The average molecular weight is 298 g/mol. The fourth-order valence-electron chi connectivity index (χ4n) is 1.77. The van der Waals surface area contributed by atoms with Crippen LogP contribution in [-0.4, -0.2) is 40.0 Å². The SMILES string of the molecule is C=CCN(C)S(=O)(=O)c1ccc(OC)c(CNCC)c1. The van der Waals surface area contributed by atoms with Gasteiger partial charge in [0.25, 0.3) is 0 Å². The maximum atomic E-state index is 12.4. The van der Waals surface area contributed by atoms with Crippen molar-refractivity contribution >= 4 is 10.0 Å². The summed E-state index contributed by atoms with van der Waals surface area (Å²) >= 11 is 0. The van der Waals surface area contributed by atoms with Crippen molar-refractivity contribution in [3.8, 4) is 5.75 Å². The lowest BCUT2D eigenvalue weighted by atomic mass is 10.2. The van der Waals surface area contributed by atoms with Gasteiger partial charge in [-0.05, 0) is 24.7 Å². The molecule has 0 unspecified atom stereocenters. The van der Waals surface area contributed by atoms with E-state index < -0.39 is 10.0 Å². The zero-order chi connectivity index (χ0) is 15.2. The molecule has 5 nitrogen and oxygen atoms in total. The van der Waals surface area contributed by atoms with Gasteiger partial charge in [0, 0.05) is 25.7 Å². The lowest BCUT2D eigenvalue weighted by Gasteiger charge is -2.17. The lowest BCUT2D eigenvalue weighted by Crippen LogP contribution is -2.27. The molecule has 1 aromatic carbocycles. The summed E-state index contributed by atoms with van der Waals surface area (Å²) < 4.78 is 31.2. The third kappa shape index (κ3) is 3.82. The van der Waals surface area contributed by atoms with Crippen LogP contribution in [0.1, 0.15) is 12.5 Å². The number of rotatable bonds is 8. The number of nitrogens with zero attached hydrogens (tertiary/aromatic N) is 1. The molecule has 0 spiro atoms. The van der Waals surface area contributed by atoms with Crippen molar-refractivity contribution in [3.63, 3.8) is 0 Å². The topological polar surface area (TPSA) is 58.6 Å². The molecule has 1 rings (SSSR count). The fourth-order valence-corrected chi connectivity index (χ4v) is 2.97. The summed E-state index contributed by atoms with van der Waals surface area (Å²) in [5, 5.41) is 3.17. The van der Waals surface area contributed by atoms with Crippen molar-refractivity contribution in [3.05, 3.63) is 36.4 Å². The molecule has 0 amide bonds. The van der Waals surface area contributed by atoms with Crippen molar-refractivity contribution in [1.82, 2.24) is 9.62 Å². The van der Waals surface area contributed by atoms with Crippen LogP contribution in [0.5, 0.6) is 5.75 Å². The average Bonchev–Trinajstić information content (AvgIpc) is 2.44. The van der Waals surface area contributed by atoms with Gasteiger partial charge in [-0.2, -0.15) is 4.31 Å². The van der Waals surface area contributed by atoms with Gasteiger partial charge in [0.05, 0.1) is 12.0 Å². The van der Waals surface area contributed by atoms with Gasteiger partial charge in [0.15, 0.2) is 0 Å². The molecule has 0 atom stereocenters. The second kappa shape index (κ2) is 7.42. The first-order chi connectivity index (χ1) is 9.47. The normalized spacial score (nSPS) is 11.6. The number of hydrogen-bond donors (Lipinski definition) is 1. The van der Waals surface area contributed by atoms with Gasteiger partial charge < -0.3 is 10.1 Å². The Morgan fingerprint density at radius 2 is 2.15 bits per heavy atom. The van der Waals surface area contributed by atoms with E-state index in [4.69, 9.17) is 4.74 Å². The zero-order valence-electron chi connectivity index (χ0n) is 12.2. The number of nitrogens with one attached hydrogen (secondary N) is 1. The second-order valence-corrected chi connectivity index (χ2v) is 6.37. The zero-order valence-corrected chi connectivity index (χ0v) is 13.0. The van der Waals surface area contributed by atoms with E-state index in [1.54, 1.807) is 31.4 Å². The summed E-state index contributed by atoms with van der Waals surface area (Å²) in [6.45, 7) is 7.19. The van der Waals surface area contributed by atoms with E-state index in [0.29, 0.717) is 12.3 Å². The minimum absolute atomic E-state index is 0.260. The Hall–Kier alpha value is -1.37. The number of methoxy groups -OCH3 is 1.